The molecule has 1 aromatic heterocycles. The molecule has 0 bridgehead atoms. The summed E-state index contributed by atoms with van der Waals surface area (Å²) in [5, 5.41) is 0.937. The molecule has 0 spiro atoms. The molecule has 2 nitrogen and oxygen atoms in total. The minimum Gasteiger partial charge on any atom is -0.293 e. The molecule has 0 aliphatic heterocycles. The fourth-order valence-corrected chi connectivity index (χ4v) is 2.18. The third-order valence-electron chi connectivity index (χ3n) is 2.38. The first-order chi connectivity index (χ1) is 7.65. The van der Waals surface area contributed by atoms with E-state index in [-0.39, 0.29) is 5.78 Å². The lowest BCUT2D eigenvalue weighted by Crippen LogP contribution is -2.00. The van der Waals surface area contributed by atoms with Crippen LogP contribution in [0.2, 0.25) is 0 Å². The topological polar surface area (TPSA) is 30.0 Å². The Morgan fingerprint density at radius 1 is 1.25 bits per heavy atom. The number of rotatable bonds is 3. The van der Waals surface area contributed by atoms with Crippen LogP contribution in [0.15, 0.2) is 30.5 Å². The molecule has 2 aromatic rings. The van der Waals surface area contributed by atoms with Gasteiger partial charge in [-0.05, 0) is 19.4 Å². The minimum absolute atomic E-state index is 0.148. The number of carbonyl (C=O) groups is 1. The molecule has 0 saturated carbocycles. The normalized spacial score (nSPS) is 10.4. The van der Waals surface area contributed by atoms with Crippen molar-refractivity contribution in [3.8, 4) is 0 Å². The lowest BCUT2D eigenvalue weighted by atomic mass is 10.1. The maximum absolute atomic E-state index is 11.9. The molecule has 0 aliphatic carbocycles. The highest BCUT2D eigenvalue weighted by atomic mass is 32.1. The second-order valence-corrected chi connectivity index (χ2v) is 5.06. The number of aryl methyl sites for hydroxylation is 2. The lowest BCUT2D eigenvalue weighted by Gasteiger charge is -1.99. The second-order valence-electron chi connectivity index (χ2n) is 3.83. The molecule has 0 saturated heterocycles. The number of ketones is 1. The van der Waals surface area contributed by atoms with Crippen molar-refractivity contribution in [1.29, 1.82) is 0 Å². The van der Waals surface area contributed by atoms with Crippen molar-refractivity contribution >= 4 is 17.1 Å². The number of carbonyl (C=O) groups excluding carboxylic acids is 1. The highest BCUT2D eigenvalue weighted by Crippen LogP contribution is 2.15. The lowest BCUT2D eigenvalue weighted by molar-refractivity contribution is 0.0996. The first-order valence-corrected chi connectivity index (χ1v) is 5.98. The summed E-state index contributed by atoms with van der Waals surface area (Å²) in [5.74, 6) is 0.148. The maximum atomic E-state index is 11.9. The summed E-state index contributed by atoms with van der Waals surface area (Å²) < 4.78 is 0. The van der Waals surface area contributed by atoms with Gasteiger partial charge in [0.25, 0.3) is 0 Å². The fraction of sp³-hybridized carbons (Fsp3) is 0.231. The Hall–Kier alpha value is -1.48. The van der Waals surface area contributed by atoms with E-state index in [0.717, 1.165) is 15.4 Å². The molecule has 3 heteroatoms. The van der Waals surface area contributed by atoms with Gasteiger partial charge in [0.1, 0.15) is 0 Å². The molecule has 0 radical (unpaired) electrons. The van der Waals surface area contributed by atoms with Crippen LogP contribution < -0.4 is 0 Å². The molecule has 16 heavy (non-hydrogen) atoms. The van der Waals surface area contributed by atoms with Crippen molar-refractivity contribution in [2.24, 2.45) is 0 Å². The summed E-state index contributed by atoms with van der Waals surface area (Å²) in [6, 6.07) is 8.06. The molecule has 0 aliphatic rings. The predicted octanol–water partition coefficient (Wildman–Crippen LogP) is 3.19. The third kappa shape index (κ3) is 2.55. The standard InChI is InChI=1S/C13H13NOS/c1-9-3-5-11(6-4-9)7-12(15)13-8-14-10(2)16-13/h3-6,8H,7H2,1-2H3. The van der Waals surface area contributed by atoms with Crippen molar-refractivity contribution in [2.75, 3.05) is 0 Å². The van der Waals surface area contributed by atoms with Crippen LogP contribution in [-0.2, 0) is 6.42 Å². The Balaban J connectivity index is 2.10. The van der Waals surface area contributed by atoms with Gasteiger partial charge in [0, 0.05) is 12.6 Å². The quantitative estimate of drug-likeness (QED) is 0.759. The van der Waals surface area contributed by atoms with E-state index in [1.54, 1.807) is 6.20 Å². The molecular weight excluding hydrogens is 218 g/mol. The van der Waals surface area contributed by atoms with Gasteiger partial charge in [-0.25, -0.2) is 4.98 Å². The van der Waals surface area contributed by atoms with Gasteiger partial charge in [0.05, 0.1) is 9.88 Å². The number of nitrogens with zero attached hydrogens (tertiary/aromatic N) is 1. The Kier molecular flexibility index (Phi) is 3.15. The molecule has 82 valence electrons. The Bertz CT molecular complexity index is 499. The van der Waals surface area contributed by atoms with E-state index in [1.165, 1.54) is 16.9 Å². The van der Waals surface area contributed by atoms with Crippen LogP contribution in [0.5, 0.6) is 0 Å². The van der Waals surface area contributed by atoms with Crippen LogP contribution in [0.1, 0.15) is 25.8 Å². The van der Waals surface area contributed by atoms with Gasteiger partial charge in [0.15, 0.2) is 5.78 Å². The second kappa shape index (κ2) is 4.58. The van der Waals surface area contributed by atoms with Crippen LogP contribution >= 0.6 is 11.3 Å². The SMILES string of the molecule is Cc1ccc(CC(=O)c2cnc(C)s2)cc1. The molecule has 0 amide bonds. The number of hydrogen-bond acceptors (Lipinski definition) is 3. The van der Waals surface area contributed by atoms with Crippen molar-refractivity contribution in [2.45, 2.75) is 20.3 Å². The predicted molar refractivity (Wildman–Crippen MR) is 66.1 cm³/mol. The van der Waals surface area contributed by atoms with Gasteiger partial charge in [-0.15, -0.1) is 11.3 Å². The van der Waals surface area contributed by atoms with Gasteiger partial charge >= 0.3 is 0 Å². The minimum atomic E-state index is 0.148. The monoisotopic (exact) mass is 231 g/mol. The third-order valence-corrected chi connectivity index (χ3v) is 3.34. The fourth-order valence-electron chi connectivity index (χ4n) is 1.47. The number of aromatic nitrogens is 1. The Morgan fingerprint density at radius 2 is 1.94 bits per heavy atom. The Labute approximate surface area is 99.0 Å². The van der Waals surface area contributed by atoms with Gasteiger partial charge in [-0.3, -0.25) is 4.79 Å². The van der Waals surface area contributed by atoms with E-state index in [4.69, 9.17) is 0 Å². The zero-order chi connectivity index (χ0) is 11.5. The summed E-state index contributed by atoms with van der Waals surface area (Å²) in [6.07, 6.45) is 2.12. The number of thiazole rings is 1. The summed E-state index contributed by atoms with van der Waals surface area (Å²) in [5.41, 5.74) is 2.27. The molecule has 0 atom stereocenters. The number of Topliss-reactive ketones (excluding diaryl/α,β-unsaturated/α-hetero) is 1. The average molecular weight is 231 g/mol. The number of hydrogen-bond donors (Lipinski definition) is 0. The van der Waals surface area contributed by atoms with Gasteiger partial charge < -0.3 is 0 Å². The van der Waals surface area contributed by atoms with Gasteiger partial charge in [0.2, 0.25) is 0 Å². The maximum Gasteiger partial charge on any atom is 0.178 e. The summed E-state index contributed by atoms with van der Waals surface area (Å²) in [6.45, 7) is 3.95. The van der Waals surface area contributed by atoms with E-state index in [1.807, 2.05) is 38.1 Å². The number of benzene rings is 1. The summed E-state index contributed by atoms with van der Waals surface area (Å²) in [7, 11) is 0. The zero-order valence-electron chi connectivity index (χ0n) is 9.36. The largest absolute Gasteiger partial charge is 0.293 e. The summed E-state index contributed by atoms with van der Waals surface area (Å²) in [4.78, 5) is 16.7. The Morgan fingerprint density at radius 3 is 2.50 bits per heavy atom. The van der Waals surface area contributed by atoms with Gasteiger partial charge in [-0.1, -0.05) is 29.8 Å². The molecular formula is C13H13NOS. The van der Waals surface area contributed by atoms with E-state index >= 15 is 0 Å². The highest BCUT2D eigenvalue weighted by molar-refractivity contribution is 7.13. The van der Waals surface area contributed by atoms with Crippen LogP contribution in [0, 0.1) is 13.8 Å². The molecule has 1 heterocycles. The molecule has 0 unspecified atom stereocenters. The average Bonchev–Trinajstić information content (AvgIpc) is 2.68. The van der Waals surface area contributed by atoms with Crippen LogP contribution in [-0.4, -0.2) is 10.8 Å². The van der Waals surface area contributed by atoms with Crippen LogP contribution in [0.3, 0.4) is 0 Å². The van der Waals surface area contributed by atoms with Crippen molar-refractivity contribution in [1.82, 2.24) is 4.98 Å². The van der Waals surface area contributed by atoms with Crippen molar-refractivity contribution < 1.29 is 4.79 Å². The van der Waals surface area contributed by atoms with E-state index in [2.05, 4.69) is 4.98 Å². The van der Waals surface area contributed by atoms with E-state index < -0.39 is 0 Å². The van der Waals surface area contributed by atoms with Crippen LogP contribution in [0.25, 0.3) is 0 Å². The first-order valence-electron chi connectivity index (χ1n) is 5.16. The highest BCUT2D eigenvalue weighted by Gasteiger charge is 2.09. The molecule has 0 fully saturated rings. The first kappa shape index (κ1) is 11.0. The zero-order valence-corrected chi connectivity index (χ0v) is 10.2. The van der Waals surface area contributed by atoms with Crippen molar-refractivity contribution in [3.05, 3.63) is 51.5 Å². The molecule has 2 rings (SSSR count). The van der Waals surface area contributed by atoms with E-state index in [9.17, 15) is 4.79 Å². The van der Waals surface area contributed by atoms with Crippen LogP contribution in [0.4, 0.5) is 0 Å². The summed E-state index contributed by atoms with van der Waals surface area (Å²) >= 11 is 1.46. The van der Waals surface area contributed by atoms with Gasteiger partial charge in [-0.2, -0.15) is 0 Å². The van der Waals surface area contributed by atoms with E-state index in [0.29, 0.717) is 6.42 Å². The smallest absolute Gasteiger partial charge is 0.178 e. The molecule has 1 aromatic carbocycles. The molecule has 0 N–H and O–H groups in total. The van der Waals surface area contributed by atoms with Crippen molar-refractivity contribution in [3.63, 3.8) is 0 Å².